The van der Waals surface area contributed by atoms with E-state index in [1.54, 1.807) is 11.9 Å². The van der Waals surface area contributed by atoms with E-state index in [9.17, 15) is 9.18 Å². The zero-order valence-corrected chi connectivity index (χ0v) is 13.2. The molecule has 23 heavy (non-hydrogen) atoms. The van der Waals surface area contributed by atoms with Crippen LogP contribution in [0.3, 0.4) is 0 Å². The highest BCUT2D eigenvalue weighted by Gasteiger charge is 2.28. The minimum Gasteiger partial charge on any atom is -0.368 e. The van der Waals surface area contributed by atoms with E-state index in [1.165, 1.54) is 4.68 Å². The van der Waals surface area contributed by atoms with Crippen molar-refractivity contribution in [3.8, 4) is 0 Å². The Bertz CT molecular complexity index is 668. The number of aromatic nitrogens is 2. The van der Waals surface area contributed by atoms with Gasteiger partial charge in [0.05, 0.1) is 6.20 Å². The van der Waals surface area contributed by atoms with Crippen LogP contribution < -0.4 is 10.2 Å². The van der Waals surface area contributed by atoms with Gasteiger partial charge in [-0.3, -0.25) is 5.32 Å². The Morgan fingerprint density at radius 2 is 2.04 bits per heavy atom. The maximum atomic E-state index is 13.6. The van der Waals surface area contributed by atoms with Crippen LogP contribution in [0.25, 0.3) is 0 Å². The molecule has 1 saturated heterocycles. The highest BCUT2D eigenvalue weighted by Crippen LogP contribution is 2.20. The van der Waals surface area contributed by atoms with Gasteiger partial charge in [-0.1, -0.05) is 18.2 Å². The number of nitrogens with one attached hydrogen (secondary N) is 1. The molecule has 122 valence electrons. The van der Waals surface area contributed by atoms with E-state index in [4.69, 9.17) is 0 Å². The lowest BCUT2D eigenvalue weighted by Crippen LogP contribution is -2.55. The van der Waals surface area contributed by atoms with E-state index in [1.807, 2.05) is 25.1 Å². The third-order valence-electron chi connectivity index (χ3n) is 4.13. The first-order valence-electron chi connectivity index (χ1n) is 7.61. The van der Waals surface area contributed by atoms with Gasteiger partial charge in [0.2, 0.25) is 0 Å². The zero-order valence-electron chi connectivity index (χ0n) is 13.2. The molecular weight excluding hydrogens is 297 g/mol. The van der Waals surface area contributed by atoms with Crippen molar-refractivity contribution < 1.29 is 9.18 Å². The quantitative estimate of drug-likeness (QED) is 0.925. The van der Waals surface area contributed by atoms with Crippen molar-refractivity contribution in [2.45, 2.75) is 13.0 Å². The third kappa shape index (κ3) is 3.13. The predicted molar refractivity (Wildman–Crippen MR) is 87.0 cm³/mol. The van der Waals surface area contributed by atoms with E-state index in [2.05, 4.69) is 27.4 Å². The molecule has 1 aliphatic heterocycles. The number of carbonyl (C=O) groups is 1. The molecule has 2 heterocycles. The fourth-order valence-electron chi connectivity index (χ4n) is 2.86. The Balaban J connectivity index is 1.65. The second kappa shape index (κ2) is 6.28. The molecule has 1 aliphatic rings. The molecule has 1 aromatic heterocycles. The average molecular weight is 317 g/mol. The number of hydrogen-bond donors (Lipinski definition) is 1. The van der Waals surface area contributed by atoms with E-state index in [0.717, 1.165) is 25.0 Å². The average Bonchev–Trinajstić information content (AvgIpc) is 2.87. The second-order valence-electron chi connectivity index (χ2n) is 5.72. The summed E-state index contributed by atoms with van der Waals surface area (Å²) in [7, 11) is 1.59. The minimum absolute atomic E-state index is 0.0280. The van der Waals surface area contributed by atoms with Crippen molar-refractivity contribution in [1.82, 2.24) is 14.7 Å². The monoisotopic (exact) mass is 317 g/mol. The Kier molecular flexibility index (Phi) is 4.18. The maximum absolute atomic E-state index is 13.6. The summed E-state index contributed by atoms with van der Waals surface area (Å²) in [5.41, 5.74) is 1.15. The standard InChI is InChI=1S/C16H20FN5O/c1-12-11-21(13-6-4-3-5-7-13)8-9-22(12)16(23)19-15-14(17)10-18-20(15)2/h3-7,10,12H,8-9,11H2,1-2H3,(H,19,23). The number of amides is 2. The lowest BCUT2D eigenvalue weighted by Gasteiger charge is -2.40. The predicted octanol–water partition coefficient (Wildman–Crippen LogP) is 2.30. The highest BCUT2D eigenvalue weighted by molar-refractivity contribution is 5.89. The Hall–Kier alpha value is -2.57. The number of hydrogen-bond acceptors (Lipinski definition) is 3. The summed E-state index contributed by atoms with van der Waals surface area (Å²) in [4.78, 5) is 16.4. The summed E-state index contributed by atoms with van der Waals surface area (Å²) < 4.78 is 14.9. The van der Waals surface area contributed by atoms with Crippen molar-refractivity contribution in [1.29, 1.82) is 0 Å². The molecular formula is C16H20FN5O. The van der Waals surface area contributed by atoms with Gasteiger partial charge in [0.15, 0.2) is 11.6 Å². The van der Waals surface area contributed by atoms with Crippen molar-refractivity contribution in [3.63, 3.8) is 0 Å². The first-order valence-corrected chi connectivity index (χ1v) is 7.61. The van der Waals surface area contributed by atoms with Crippen LogP contribution in [-0.4, -0.2) is 46.4 Å². The largest absolute Gasteiger partial charge is 0.368 e. The summed E-state index contributed by atoms with van der Waals surface area (Å²) in [5, 5.41) is 6.39. The van der Waals surface area contributed by atoms with Crippen LogP contribution in [0.2, 0.25) is 0 Å². The molecule has 0 aliphatic carbocycles. The van der Waals surface area contributed by atoms with Gasteiger partial charge >= 0.3 is 6.03 Å². The van der Waals surface area contributed by atoms with Crippen molar-refractivity contribution >= 4 is 17.5 Å². The number of nitrogens with zero attached hydrogens (tertiary/aromatic N) is 4. The SMILES string of the molecule is CC1CN(c2ccccc2)CCN1C(=O)Nc1c(F)cnn1C. The molecule has 1 atom stereocenters. The van der Waals surface area contributed by atoms with Crippen LogP contribution in [0.15, 0.2) is 36.5 Å². The number of halogens is 1. The van der Waals surface area contributed by atoms with Gasteiger partial charge in [-0.05, 0) is 19.1 Å². The summed E-state index contributed by atoms with van der Waals surface area (Å²) in [6.45, 7) is 4.07. The van der Waals surface area contributed by atoms with E-state index in [0.29, 0.717) is 6.54 Å². The fourth-order valence-corrected chi connectivity index (χ4v) is 2.86. The number of anilines is 2. The molecule has 6 nitrogen and oxygen atoms in total. The third-order valence-corrected chi connectivity index (χ3v) is 4.13. The summed E-state index contributed by atoms with van der Waals surface area (Å²) >= 11 is 0. The smallest absolute Gasteiger partial charge is 0.323 e. The van der Waals surface area contributed by atoms with Crippen LogP contribution >= 0.6 is 0 Å². The van der Waals surface area contributed by atoms with Gasteiger partial charge in [-0.15, -0.1) is 0 Å². The van der Waals surface area contributed by atoms with Crippen LogP contribution in [0.5, 0.6) is 0 Å². The molecule has 1 aromatic carbocycles. The van der Waals surface area contributed by atoms with E-state index >= 15 is 0 Å². The lowest BCUT2D eigenvalue weighted by molar-refractivity contribution is 0.184. The van der Waals surface area contributed by atoms with Gasteiger partial charge < -0.3 is 9.80 Å². The van der Waals surface area contributed by atoms with Crippen LogP contribution in [-0.2, 0) is 7.05 Å². The molecule has 1 fully saturated rings. The van der Waals surface area contributed by atoms with E-state index < -0.39 is 5.82 Å². The summed E-state index contributed by atoms with van der Waals surface area (Å²) in [6.07, 6.45) is 1.09. The van der Waals surface area contributed by atoms with Crippen LogP contribution in [0.4, 0.5) is 20.7 Å². The van der Waals surface area contributed by atoms with Gasteiger partial charge in [-0.2, -0.15) is 5.10 Å². The van der Waals surface area contributed by atoms with Gasteiger partial charge in [-0.25, -0.2) is 13.9 Å². The number of rotatable bonds is 2. The number of urea groups is 1. The Labute approximate surface area is 134 Å². The summed E-state index contributed by atoms with van der Waals surface area (Å²) in [5.74, 6) is -0.441. The molecule has 0 saturated carbocycles. The van der Waals surface area contributed by atoms with Crippen LogP contribution in [0.1, 0.15) is 6.92 Å². The van der Waals surface area contributed by atoms with Crippen LogP contribution in [0, 0.1) is 5.82 Å². The lowest BCUT2D eigenvalue weighted by atomic mass is 10.1. The highest BCUT2D eigenvalue weighted by atomic mass is 19.1. The molecule has 2 aromatic rings. The van der Waals surface area contributed by atoms with Crippen molar-refractivity contribution in [2.24, 2.45) is 7.05 Å². The minimum atomic E-state index is -0.531. The molecule has 0 bridgehead atoms. The Morgan fingerprint density at radius 3 is 2.65 bits per heavy atom. The number of carbonyl (C=O) groups excluding carboxylic acids is 1. The fraction of sp³-hybridized carbons (Fsp3) is 0.375. The van der Waals surface area contributed by atoms with Gasteiger partial charge in [0.1, 0.15) is 0 Å². The zero-order chi connectivity index (χ0) is 16.4. The Morgan fingerprint density at radius 1 is 1.30 bits per heavy atom. The number of para-hydroxylation sites is 1. The molecule has 1 N–H and O–H groups in total. The molecule has 2 amide bonds. The van der Waals surface area contributed by atoms with Gasteiger partial charge in [0, 0.05) is 38.4 Å². The molecule has 0 radical (unpaired) electrons. The maximum Gasteiger partial charge on any atom is 0.323 e. The molecule has 3 rings (SSSR count). The number of aryl methyl sites for hydroxylation is 1. The second-order valence-corrected chi connectivity index (χ2v) is 5.72. The first-order chi connectivity index (χ1) is 11.1. The summed E-state index contributed by atoms with van der Waals surface area (Å²) in [6, 6.07) is 9.85. The molecule has 1 unspecified atom stereocenters. The molecule has 0 spiro atoms. The van der Waals surface area contributed by atoms with Gasteiger partial charge in [0.25, 0.3) is 0 Å². The number of benzene rings is 1. The topological polar surface area (TPSA) is 53.4 Å². The first kappa shape index (κ1) is 15.3. The van der Waals surface area contributed by atoms with Crippen molar-refractivity contribution in [3.05, 3.63) is 42.3 Å². The molecule has 7 heteroatoms. The van der Waals surface area contributed by atoms with Crippen molar-refractivity contribution in [2.75, 3.05) is 29.9 Å². The normalized spacial score (nSPS) is 18.1. The van der Waals surface area contributed by atoms with E-state index in [-0.39, 0.29) is 17.9 Å². The number of piperazine rings is 1.